The number of nitrogens with one attached hydrogen (secondary N) is 3. The summed E-state index contributed by atoms with van der Waals surface area (Å²) in [7, 11) is 0. The van der Waals surface area contributed by atoms with Crippen molar-refractivity contribution in [3.8, 4) is 0 Å². The molecule has 1 saturated heterocycles. The molecule has 3 rings (SSSR count). The molecule has 1 aromatic heterocycles. The van der Waals surface area contributed by atoms with E-state index in [-0.39, 0.29) is 17.8 Å². The van der Waals surface area contributed by atoms with Crippen LogP contribution < -0.4 is 22.1 Å². The standard InChI is InChI=1S/C18H23Cl2N7O2S.2C2HF3O2/c19-11-4-5-12(20)14(9-11)23-17-24-16(25-18(29)26-17)22-6-2-1-3-13(21)15(28)27-7-8-30-10-27;2*3-2(4,5)1(6)7/h4-5,9,13H,1-3,6-8,10,21H2,(H3,22,23,24,25,26,29);2*(H,6,7)/t13-;;/m0../s1. The zero-order valence-electron chi connectivity index (χ0n) is 22.1. The number of hydrogen-bond acceptors (Lipinski definition) is 10. The zero-order valence-corrected chi connectivity index (χ0v) is 24.5. The van der Waals surface area contributed by atoms with Crippen LogP contribution in [-0.4, -0.2) is 91.0 Å². The molecule has 0 aliphatic carbocycles. The number of H-pyrrole nitrogens is 1. The van der Waals surface area contributed by atoms with Crippen molar-refractivity contribution < 1.29 is 50.9 Å². The molecule has 13 nitrogen and oxygen atoms in total. The first-order valence-electron chi connectivity index (χ1n) is 12.0. The van der Waals surface area contributed by atoms with Gasteiger partial charge in [-0.2, -0.15) is 36.3 Å². The average Bonchev–Trinajstić information content (AvgIpc) is 3.44. The highest BCUT2D eigenvalue weighted by atomic mass is 35.5. The van der Waals surface area contributed by atoms with E-state index in [1.54, 1.807) is 34.9 Å². The summed E-state index contributed by atoms with van der Waals surface area (Å²) < 4.78 is 63.5. The molecule has 246 valence electrons. The topological polar surface area (TPSA) is 204 Å². The van der Waals surface area contributed by atoms with Crippen molar-refractivity contribution in [1.29, 1.82) is 0 Å². The number of anilines is 3. The van der Waals surface area contributed by atoms with E-state index in [0.29, 0.717) is 28.7 Å². The maximum atomic E-state index is 12.2. The molecule has 1 fully saturated rings. The molecule has 44 heavy (non-hydrogen) atoms. The van der Waals surface area contributed by atoms with Gasteiger partial charge in [0.1, 0.15) is 0 Å². The normalized spacial score (nSPS) is 13.5. The molecule has 7 N–H and O–H groups in total. The largest absolute Gasteiger partial charge is 0.490 e. The van der Waals surface area contributed by atoms with E-state index in [4.69, 9.17) is 48.7 Å². The number of rotatable bonds is 9. The van der Waals surface area contributed by atoms with E-state index in [0.717, 1.165) is 31.0 Å². The summed E-state index contributed by atoms with van der Waals surface area (Å²) in [5.41, 5.74) is 5.97. The number of benzene rings is 1. The minimum Gasteiger partial charge on any atom is -0.475 e. The van der Waals surface area contributed by atoms with Gasteiger partial charge in [-0.3, -0.25) is 9.78 Å². The molecule has 0 bridgehead atoms. The average molecular weight is 700 g/mol. The summed E-state index contributed by atoms with van der Waals surface area (Å²) in [6.07, 6.45) is -8.03. The molecule has 0 radical (unpaired) electrons. The molecule has 0 spiro atoms. The lowest BCUT2D eigenvalue weighted by molar-refractivity contribution is -0.193. The van der Waals surface area contributed by atoms with Crippen molar-refractivity contribution in [1.82, 2.24) is 19.9 Å². The fraction of sp³-hybridized carbons (Fsp3) is 0.455. The number of nitrogens with two attached hydrogens (primary N) is 1. The van der Waals surface area contributed by atoms with Crippen LogP contribution in [0.15, 0.2) is 23.0 Å². The quantitative estimate of drug-likeness (QED) is 0.163. The van der Waals surface area contributed by atoms with Gasteiger partial charge >= 0.3 is 30.0 Å². The molecule has 22 heteroatoms. The molecule has 2 aromatic rings. The molecule has 0 unspecified atom stereocenters. The van der Waals surface area contributed by atoms with Gasteiger partial charge in [0.15, 0.2) is 0 Å². The number of thioether (sulfide) groups is 1. The lowest BCUT2D eigenvalue weighted by Crippen LogP contribution is -2.42. The van der Waals surface area contributed by atoms with Crippen LogP contribution in [0.4, 0.5) is 43.9 Å². The number of alkyl halides is 6. The first kappa shape index (κ1) is 38.5. The SMILES string of the molecule is N[C@@H](CCCCNc1nc(Nc2cc(Cl)ccc2Cl)[nH]c(=O)n1)C(=O)N1CCSC1.O=C(O)C(F)(F)F.O=C(O)C(F)(F)F. The Morgan fingerprint density at radius 2 is 1.66 bits per heavy atom. The maximum absolute atomic E-state index is 12.2. The van der Waals surface area contributed by atoms with E-state index < -0.39 is 36.0 Å². The van der Waals surface area contributed by atoms with Crippen LogP contribution in [-0.2, 0) is 14.4 Å². The Morgan fingerprint density at radius 1 is 1.07 bits per heavy atom. The number of amides is 1. The van der Waals surface area contributed by atoms with Gasteiger partial charge in [-0.15, -0.1) is 11.8 Å². The smallest absolute Gasteiger partial charge is 0.475 e. The molecule has 1 aliphatic heterocycles. The monoisotopic (exact) mass is 699 g/mol. The van der Waals surface area contributed by atoms with Crippen molar-refractivity contribution in [2.24, 2.45) is 5.73 Å². The predicted octanol–water partition coefficient (Wildman–Crippen LogP) is 3.92. The Bertz CT molecular complexity index is 1310. The van der Waals surface area contributed by atoms with Crippen molar-refractivity contribution >= 4 is 70.4 Å². The van der Waals surface area contributed by atoms with Crippen LogP contribution >= 0.6 is 35.0 Å². The van der Waals surface area contributed by atoms with Crippen LogP contribution in [0, 0.1) is 0 Å². The third-order valence-corrected chi connectivity index (χ3v) is 6.45. The lowest BCUT2D eigenvalue weighted by Gasteiger charge is -2.19. The van der Waals surface area contributed by atoms with Gasteiger partial charge in [0.25, 0.3) is 0 Å². The van der Waals surface area contributed by atoms with Gasteiger partial charge in [0, 0.05) is 23.9 Å². The number of aromatic nitrogens is 3. The second-order valence-electron chi connectivity index (χ2n) is 8.35. The highest BCUT2D eigenvalue weighted by molar-refractivity contribution is 7.99. The predicted molar refractivity (Wildman–Crippen MR) is 149 cm³/mol. The van der Waals surface area contributed by atoms with Gasteiger partial charge in [0.2, 0.25) is 17.8 Å². The molecular weight excluding hydrogens is 675 g/mol. The Balaban J connectivity index is 0.000000574. The zero-order chi connectivity index (χ0) is 33.7. The molecule has 0 saturated carbocycles. The number of hydrogen-bond donors (Lipinski definition) is 6. The van der Waals surface area contributed by atoms with Gasteiger partial charge in [0.05, 0.1) is 22.6 Å². The van der Waals surface area contributed by atoms with Crippen LogP contribution in [0.5, 0.6) is 0 Å². The molecular formula is C22H25Cl2F6N7O6S. The van der Waals surface area contributed by atoms with E-state index >= 15 is 0 Å². The van der Waals surface area contributed by atoms with E-state index in [1.165, 1.54) is 0 Å². The Labute approximate surface area is 258 Å². The van der Waals surface area contributed by atoms with Crippen LogP contribution in [0.25, 0.3) is 0 Å². The van der Waals surface area contributed by atoms with Gasteiger partial charge in [-0.1, -0.05) is 23.2 Å². The van der Waals surface area contributed by atoms with Crippen molar-refractivity contribution in [3.63, 3.8) is 0 Å². The first-order chi connectivity index (χ1) is 20.3. The van der Waals surface area contributed by atoms with Crippen molar-refractivity contribution in [2.45, 2.75) is 37.7 Å². The maximum Gasteiger partial charge on any atom is 0.490 e. The van der Waals surface area contributed by atoms with Crippen LogP contribution in [0.2, 0.25) is 10.0 Å². The summed E-state index contributed by atoms with van der Waals surface area (Å²) in [4.78, 5) is 54.2. The molecule has 1 amide bonds. The van der Waals surface area contributed by atoms with Crippen LogP contribution in [0.1, 0.15) is 19.3 Å². The number of carboxylic acid groups (broad SMARTS) is 2. The van der Waals surface area contributed by atoms with E-state index in [2.05, 4.69) is 25.6 Å². The number of halogens is 8. The summed E-state index contributed by atoms with van der Waals surface area (Å²) in [5.74, 6) is -3.42. The van der Waals surface area contributed by atoms with E-state index in [1.807, 2.05) is 0 Å². The summed E-state index contributed by atoms with van der Waals surface area (Å²) in [6.45, 7) is 1.32. The highest BCUT2D eigenvalue weighted by Crippen LogP contribution is 2.27. The molecule has 1 atom stereocenters. The fourth-order valence-electron chi connectivity index (χ4n) is 2.88. The van der Waals surface area contributed by atoms with Crippen LogP contribution in [0.3, 0.4) is 0 Å². The van der Waals surface area contributed by atoms with Gasteiger partial charge < -0.3 is 31.5 Å². The number of nitrogens with zero attached hydrogens (tertiary/aromatic N) is 3. The molecule has 1 aliphatic rings. The second-order valence-corrected chi connectivity index (χ2v) is 10.3. The highest BCUT2D eigenvalue weighted by Gasteiger charge is 2.38. The second kappa shape index (κ2) is 17.7. The number of aliphatic carboxylic acids is 2. The number of carbonyl (C=O) groups is 3. The Hall–Kier alpha value is -3.49. The number of carboxylic acids is 2. The first-order valence-corrected chi connectivity index (χ1v) is 13.9. The molecule has 2 heterocycles. The number of carbonyl (C=O) groups excluding carboxylic acids is 1. The third kappa shape index (κ3) is 14.8. The van der Waals surface area contributed by atoms with E-state index in [9.17, 15) is 35.9 Å². The summed E-state index contributed by atoms with van der Waals surface area (Å²) in [6, 6.07) is 4.46. The molecule has 1 aromatic carbocycles. The van der Waals surface area contributed by atoms with Crippen molar-refractivity contribution in [3.05, 3.63) is 38.7 Å². The summed E-state index contributed by atoms with van der Waals surface area (Å²) in [5, 5.41) is 21.1. The fourth-order valence-corrected chi connectivity index (χ4v) is 4.17. The number of aromatic amines is 1. The summed E-state index contributed by atoms with van der Waals surface area (Å²) >= 11 is 13.8. The van der Waals surface area contributed by atoms with Gasteiger partial charge in [-0.25, -0.2) is 14.4 Å². The van der Waals surface area contributed by atoms with Gasteiger partial charge in [-0.05, 0) is 37.5 Å². The minimum absolute atomic E-state index is 0.0151. The minimum atomic E-state index is -5.08. The Kier molecular flexibility index (Phi) is 15.5. The lowest BCUT2D eigenvalue weighted by atomic mass is 10.1. The van der Waals surface area contributed by atoms with Crippen molar-refractivity contribution in [2.75, 3.05) is 35.4 Å². The Morgan fingerprint density at radius 3 is 2.18 bits per heavy atom. The third-order valence-electron chi connectivity index (χ3n) is 4.92. The number of unbranched alkanes of at least 4 members (excludes halogenated alkanes) is 1.